The van der Waals surface area contributed by atoms with Crippen LogP contribution in [0.4, 0.5) is 0 Å². The van der Waals surface area contributed by atoms with Gasteiger partial charge in [0.15, 0.2) is 0 Å². The van der Waals surface area contributed by atoms with E-state index in [4.69, 9.17) is 9.97 Å². The quantitative estimate of drug-likeness (QED) is 0.705. The third kappa shape index (κ3) is 5.07. The van der Waals surface area contributed by atoms with Crippen molar-refractivity contribution < 1.29 is 4.79 Å². The first-order valence-corrected chi connectivity index (χ1v) is 11.6. The van der Waals surface area contributed by atoms with Crippen molar-refractivity contribution >= 4 is 5.91 Å². The maximum absolute atomic E-state index is 12.9. The predicted molar refractivity (Wildman–Crippen MR) is 119 cm³/mol. The SMILES string of the molecule is Cc1nc(C2CCCCN2CCCc2ccccc2)ncc1C(=O)N1CCCCC1. The first-order chi connectivity index (χ1) is 14.7. The highest BCUT2D eigenvalue weighted by Gasteiger charge is 2.27. The minimum absolute atomic E-state index is 0.0992. The monoisotopic (exact) mass is 406 g/mol. The maximum Gasteiger partial charge on any atom is 0.257 e. The molecule has 5 heteroatoms. The average molecular weight is 407 g/mol. The lowest BCUT2D eigenvalue weighted by Gasteiger charge is -2.35. The molecule has 2 aromatic rings. The smallest absolute Gasteiger partial charge is 0.257 e. The van der Waals surface area contributed by atoms with Gasteiger partial charge in [-0.05, 0) is 70.5 Å². The van der Waals surface area contributed by atoms with Crippen LogP contribution < -0.4 is 0 Å². The number of nitrogens with zero attached hydrogens (tertiary/aromatic N) is 4. The summed E-state index contributed by atoms with van der Waals surface area (Å²) in [5.41, 5.74) is 2.90. The number of benzene rings is 1. The van der Waals surface area contributed by atoms with Gasteiger partial charge < -0.3 is 4.90 Å². The zero-order valence-electron chi connectivity index (χ0n) is 18.2. The Balaban J connectivity index is 1.41. The van der Waals surface area contributed by atoms with Gasteiger partial charge in [-0.1, -0.05) is 36.8 Å². The fraction of sp³-hybridized carbons (Fsp3) is 0.560. The molecule has 0 saturated carbocycles. The van der Waals surface area contributed by atoms with Crippen molar-refractivity contribution in [2.75, 3.05) is 26.2 Å². The Bertz CT molecular complexity index is 832. The summed E-state index contributed by atoms with van der Waals surface area (Å²) < 4.78 is 0. The third-order valence-corrected chi connectivity index (χ3v) is 6.54. The predicted octanol–water partition coefficient (Wildman–Crippen LogP) is 4.57. The number of carbonyl (C=O) groups excluding carboxylic acids is 1. The lowest BCUT2D eigenvalue weighted by molar-refractivity contribution is 0.0722. The van der Waals surface area contributed by atoms with Gasteiger partial charge in [-0.15, -0.1) is 0 Å². The van der Waals surface area contributed by atoms with Crippen molar-refractivity contribution in [2.45, 2.75) is 64.3 Å². The number of hydrogen-bond donors (Lipinski definition) is 0. The van der Waals surface area contributed by atoms with Crippen LogP contribution in [-0.2, 0) is 6.42 Å². The van der Waals surface area contributed by atoms with Crippen LogP contribution in [0.15, 0.2) is 36.5 Å². The number of aromatic nitrogens is 2. The van der Waals surface area contributed by atoms with Crippen LogP contribution in [0.2, 0.25) is 0 Å². The summed E-state index contributed by atoms with van der Waals surface area (Å²) in [6.45, 7) is 5.85. The van der Waals surface area contributed by atoms with E-state index in [2.05, 4.69) is 35.2 Å². The van der Waals surface area contributed by atoms with Crippen LogP contribution in [0.5, 0.6) is 0 Å². The Hall–Kier alpha value is -2.27. The fourth-order valence-corrected chi connectivity index (χ4v) is 4.80. The van der Waals surface area contributed by atoms with Crippen LogP contribution >= 0.6 is 0 Å². The summed E-state index contributed by atoms with van der Waals surface area (Å²) in [6.07, 6.45) is 11.0. The molecule has 2 aliphatic heterocycles. The highest BCUT2D eigenvalue weighted by molar-refractivity contribution is 5.95. The molecule has 0 spiro atoms. The highest BCUT2D eigenvalue weighted by atomic mass is 16.2. The van der Waals surface area contributed by atoms with E-state index < -0.39 is 0 Å². The van der Waals surface area contributed by atoms with Gasteiger partial charge in [-0.3, -0.25) is 9.69 Å². The molecule has 5 nitrogen and oxygen atoms in total. The Morgan fingerprint density at radius 1 is 1.03 bits per heavy atom. The molecule has 2 saturated heterocycles. The molecule has 0 radical (unpaired) electrons. The summed E-state index contributed by atoms with van der Waals surface area (Å²) in [4.78, 5) is 26.9. The van der Waals surface area contributed by atoms with E-state index in [0.29, 0.717) is 5.56 Å². The summed E-state index contributed by atoms with van der Waals surface area (Å²) in [6, 6.07) is 11.0. The molecule has 3 heterocycles. The normalized spacial score (nSPS) is 20.3. The van der Waals surface area contributed by atoms with Gasteiger partial charge in [0, 0.05) is 19.3 Å². The molecule has 0 N–H and O–H groups in total. The number of rotatable bonds is 6. The van der Waals surface area contributed by atoms with Crippen LogP contribution in [0.1, 0.15) is 78.4 Å². The minimum Gasteiger partial charge on any atom is -0.339 e. The highest BCUT2D eigenvalue weighted by Crippen LogP contribution is 2.29. The van der Waals surface area contributed by atoms with Crippen molar-refractivity contribution in [1.82, 2.24) is 19.8 Å². The Labute approximate surface area is 180 Å². The van der Waals surface area contributed by atoms with Gasteiger partial charge in [0.25, 0.3) is 5.91 Å². The molecule has 160 valence electrons. The second-order valence-electron chi connectivity index (χ2n) is 8.72. The standard InChI is InChI=1S/C25H34N4O/c1-20-22(25(30)29-16-7-3-8-17-29)19-26-24(27-20)23-14-6-9-15-28(23)18-10-13-21-11-4-2-5-12-21/h2,4-5,11-12,19,23H,3,6-10,13-18H2,1H3. The first kappa shape index (κ1) is 21.0. The summed E-state index contributed by atoms with van der Waals surface area (Å²) in [5, 5.41) is 0. The Morgan fingerprint density at radius 3 is 2.57 bits per heavy atom. The van der Waals surface area contributed by atoms with E-state index in [-0.39, 0.29) is 11.9 Å². The molecule has 0 aliphatic carbocycles. The third-order valence-electron chi connectivity index (χ3n) is 6.54. The van der Waals surface area contributed by atoms with Crippen LogP contribution in [-0.4, -0.2) is 51.9 Å². The van der Waals surface area contributed by atoms with Crippen molar-refractivity contribution in [1.29, 1.82) is 0 Å². The lowest BCUT2D eigenvalue weighted by atomic mass is 10.00. The van der Waals surface area contributed by atoms with Gasteiger partial charge in [0.1, 0.15) is 5.82 Å². The van der Waals surface area contributed by atoms with Gasteiger partial charge in [0.2, 0.25) is 0 Å². The number of likely N-dealkylation sites (tertiary alicyclic amines) is 2. The lowest BCUT2D eigenvalue weighted by Crippen LogP contribution is -2.37. The number of piperidine rings is 2. The molecular weight excluding hydrogens is 372 g/mol. The van der Waals surface area contributed by atoms with Crippen molar-refractivity contribution in [3.05, 3.63) is 59.2 Å². The van der Waals surface area contributed by atoms with Gasteiger partial charge >= 0.3 is 0 Å². The summed E-state index contributed by atoms with van der Waals surface area (Å²) >= 11 is 0. The maximum atomic E-state index is 12.9. The number of hydrogen-bond acceptors (Lipinski definition) is 4. The molecule has 4 rings (SSSR count). The summed E-state index contributed by atoms with van der Waals surface area (Å²) in [7, 11) is 0. The van der Waals surface area contributed by atoms with Crippen LogP contribution in [0, 0.1) is 6.92 Å². The van der Waals surface area contributed by atoms with Gasteiger partial charge in [0.05, 0.1) is 17.3 Å². The van der Waals surface area contributed by atoms with Crippen molar-refractivity contribution in [3.8, 4) is 0 Å². The van der Waals surface area contributed by atoms with Crippen molar-refractivity contribution in [2.24, 2.45) is 0 Å². The van der Waals surface area contributed by atoms with Crippen molar-refractivity contribution in [3.63, 3.8) is 0 Å². The van der Waals surface area contributed by atoms with E-state index >= 15 is 0 Å². The molecule has 1 atom stereocenters. The first-order valence-electron chi connectivity index (χ1n) is 11.6. The molecule has 1 unspecified atom stereocenters. The van der Waals surface area contributed by atoms with Crippen LogP contribution in [0.3, 0.4) is 0 Å². The topological polar surface area (TPSA) is 49.3 Å². The summed E-state index contributed by atoms with van der Waals surface area (Å²) in [5.74, 6) is 0.990. The molecular formula is C25H34N4O. The molecule has 2 aliphatic rings. The zero-order chi connectivity index (χ0) is 20.8. The van der Waals surface area contributed by atoms with E-state index in [9.17, 15) is 4.79 Å². The van der Waals surface area contributed by atoms with Gasteiger partial charge in [-0.2, -0.15) is 0 Å². The Kier molecular flexibility index (Phi) is 7.11. The molecule has 1 aromatic carbocycles. The molecule has 2 fully saturated rings. The minimum atomic E-state index is 0.0992. The molecule has 1 amide bonds. The zero-order valence-corrected chi connectivity index (χ0v) is 18.2. The van der Waals surface area contributed by atoms with E-state index in [0.717, 1.165) is 69.8 Å². The fourth-order valence-electron chi connectivity index (χ4n) is 4.80. The second kappa shape index (κ2) is 10.2. The van der Waals surface area contributed by atoms with E-state index in [1.807, 2.05) is 11.8 Å². The van der Waals surface area contributed by atoms with E-state index in [1.54, 1.807) is 6.20 Å². The molecule has 1 aromatic heterocycles. The number of aryl methyl sites for hydroxylation is 2. The average Bonchev–Trinajstić information content (AvgIpc) is 2.80. The number of carbonyl (C=O) groups is 1. The van der Waals surface area contributed by atoms with Gasteiger partial charge in [-0.25, -0.2) is 9.97 Å². The second-order valence-corrected chi connectivity index (χ2v) is 8.72. The number of amides is 1. The largest absolute Gasteiger partial charge is 0.339 e. The molecule has 30 heavy (non-hydrogen) atoms. The van der Waals surface area contributed by atoms with Crippen LogP contribution in [0.25, 0.3) is 0 Å². The van der Waals surface area contributed by atoms with E-state index in [1.165, 1.54) is 24.8 Å². The Morgan fingerprint density at radius 2 is 1.80 bits per heavy atom. The molecule has 0 bridgehead atoms.